The number of hydrogen-bond acceptors (Lipinski definition) is 3. The maximum Gasteiger partial charge on any atom is 0.120 e. The first kappa shape index (κ1) is 10.7. The number of ether oxygens (including phenoxy) is 1. The van der Waals surface area contributed by atoms with Gasteiger partial charge in [-0.25, -0.2) is 0 Å². The third kappa shape index (κ3) is 2.61. The van der Waals surface area contributed by atoms with E-state index in [9.17, 15) is 0 Å². The van der Waals surface area contributed by atoms with Gasteiger partial charge in [-0.2, -0.15) is 0 Å². The fraction of sp³-hybridized carbons (Fsp3) is 0.667. The van der Waals surface area contributed by atoms with E-state index in [1.807, 2.05) is 12.1 Å². The average Bonchev–Trinajstić information content (AvgIpc) is 2.85. The normalized spacial score (nSPS) is 28.1. The minimum Gasteiger partial charge on any atom is -0.468 e. The predicted octanol–water partition coefficient (Wildman–Crippen LogP) is 2.50. The van der Waals surface area contributed by atoms with Crippen LogP contribution in [0.25, 0.3) is 0 Å². The van der Waals surface area contributed by atoms with E-state index in [1.54, 1.807) is 6.26 Å². The number of hydrogen-bond donors (Lipinski definition) is 1. The van der Waals surface area contributed by atoms with Gasteiger partial charge in [0.1, 0.15) is 5.76 Å². The molecule has 0 spiro atoms. The zero-order valence-electron chi connectivity index (χ0n) is 9.45. The van der Waals surface area contributed by atoms with Crippen molar-refractivity contribution in [2.75, 3.05) is 13.2 Å². The standard InChI is InChI=1S/C12H19NO2/c1-10(11-5-3-7-14-11)13-9-12(2)6-4-8-15-12/h3,5,7,10,13H,4,6,8-9H2,1-2H3. The fourth-order valence-corrected chi connectivity index (χ4v) is 1.98. The van der Waals surface area contributed by atoms with E-state index in [4.69, 9.17) is 9.15 Å². The maximum absolute atomic E-state index is 5.72. The minimum absolute atomic E-state index is 0.0147. The first-order chi connectivity index (χ1) is 7.20. The van der Waals surface area contributed by atoms with Crippen LogP contribution in [0.3, 0.4) is 0 Å². The Labute approximate surface area is 90.8 Å². The summed E-state index contributed by atoms with van der Waals surface area (Å²) in [6.45, 7) is 6.06. The molecule has 1 fully saturated rings. The van der Waals surface area contributed by atoms with Crippen molar-refractivity contribution in [3.63, 3.8) is 0 Å². The van der Waals surface area contributed by atoms with Crippen LogP contribution in [-0.2, 0) is 4.74 Å². The molecule has 1 saturated heterocycles. The second kappa shape index (κ2) is 4.37. The average molecular weight is 209 g/mol. The molecule has 1 N–H and O–H groups in total. The Kier molecular flexibility index (Phi) is 3.12. The summed E-state index contributed by atoms with van der Waals surface area (Å²) in [5.74, 6) is 0.983. The summed E-state index contributed by atoms with van der Waals surface area (Å²) in [5.41, 5.74) is 0.0147. The molecule has 2 atom stereocenters. The third-order valence-electron chi connectivity index (χ3n) is 3.05. The van der Waals surface area contributed by atoms with E-state index in [2.05, 4.69) is 19.2 Å². The van der Waals surface area contributed by atoms with Gasteiger partial charge in [-0.1, -0.05) is 0 Å². The van der Waals surface area contributed by atoms with Gasteiger partial charge in [-0.05, 0) is 38.8 Å². The van der Waals surface area contributed by atoms with E-state index in [0.717, 1.165) is 25.3 Å². The van der Waals surface area contributed by atoms with Gasteiger partial charge in [0.15, 0.2) is 0 Å². The first-order valence-corrected chi connectivity index (χ1v) is 5.60. The molecule has 1 aromatic rings. The summed E-state index contributed by atoms with van der Waals surface area (Å²) >= 11 is 0. The van der Waals surface area contributed by atoms with Crippen molar-refractivity contribution in [3.8, 4) is 0 Å². The molecule has 0 amide bonds. The van der Waals surface area contributed by atoms with Crippen LogP contribution in [0.1, 0.15) is 38.5 Å². The smallest absolute Gasteiger partial charge is 0.120 e. The minimum atomic E-state index is 0.0147. The Morgan fingerprint density at radius 3 is 3.07 bits per heavy atom. The Balaban J connectivity index is 1.83. The Bertz CT molecular complexity index is 289. The van der Waals surface area contributed by atoms with Crippen LogP contribution >= 0.6 is 0 Å². The number of furan rings is 1. The van der Waals surface area contributed by atoms with Gasteiger partial charge in [-0.3, -0.25) is 0 Å². The monoisotopic (exact) mass is 209 g/mol. The summed E-state index contributed by atoms with van der Waals surface area (Å²) in [6, 6.07) is 4.16. The number of rotatable bonds is 4. The second-order valence-corrected chi connectivity index (χ2v) is 4.52. The van der Waals surface area contributed by atoms with Gasteiger partial charge in [0.2, 0.25) is 0 Å². The summed E-state index contributed by atoms with van der Waals surface area (Å²) in [5, 5.41) is 3.45. The lowest BCUT2D eigenvalue weighted by Gasteiger charge is -2.25. The van der Waals surface area contributed by atoms with Crippen LogP contribution in [0.2, 0.25) is 0 Å². The SMILES string of the molecule is CC(NCC1(C)CCCO1)c1ccco1. The Morgan fingerprint density at radius 1 is 1.60 bits per heavy atom. The zero-order valence-corrected chi connectivity index (χ0v) is 9.45. The summed E-state index contributed by atoms with van der Waals surface area (Å²) < 4.78 is 11.1. The predicted molar refractivity (Wildman–Crippen MR) is 58.7 cm³/mol. The second-order valence-electron chi connectivity index (χ2n) is 4.52. The Morgan fingerprint density at radius 2 is 2.47 bits per heavy atom. The molecule has 1 aliphatic rings. The molecular weight excluding hydrogens is 190 g/mol. The molecule has 0 bridgehead atoms. The Hall–Kier alpha value is -0.800. The maximum atomic E-state index is 5.72. The highest BCUT2D eigenvalue weighted by atomic mass is 16.5. The molecule has 2 unspecified atom stereocenters. The lowest BCUT2D eigenvalue weighted by molar-refractivity contribution is 0.0186. The van der Waals surface area contributed by atoms with Crippen LogP contribution in [0, 0.1) is 0 Å². The van der Waals surface area contributed by atoms with Crippen molar-refractivity contribution >= 4 is 0 Å². The van der Waals surface area contributed by atoms with E-state index >= 15 is 0 Å². The molecule has 3 nitrogen and oxygen atoms in total. The highest BCUT2D eigenvalue weighted by Crippen LogP contribution is 2.25. The molecule has 1 aliphatic heterocycles. The van der Waals surface area contributed by atoms with E-state index in [0.29, 0.717) is 0 Å². The quantitative estimate of drug-likeness (QED) is 0.827. The van der Waals surface area contributed by atoms with E-state index in [-0.39, 0.29) is 11.6 Å². The van der Waals surface area contributed by atoms with Gasteiger partial charge in [0.05, 0.1) is 17.9 Å². The van der Waals surface area contributed by atoms with Gasteiger partial charge >= 0.3 is 0 Å². The molecule has 0 aliphatic carbocycles. The molecule has 2 rings (SSSR count). The summed E-state index contributed by atoms with van der Waals surface area (Å²) in [7, 11) is 0. The summed E-state index contributed by atoms with van der Waals surface area (Å²) in [4.78, 5) is 0. The van der Waals surface area contributed by atoms with Crippen LogP contribution in [0.4, 0.5) is 0 Å². The van der Waals surface area contributed by atoms with Gasteiger partial charge < -0.3 is 14.5 Å². The third-order valence-corrected chi connectivity index (χ3v) is 3.05. The molecule has 0 aromatic carbocycles. The highest BCUT2D eigenvalue weighted by molar-refractivity contribution is 5.03. The topological polar surface area (TPSA) is 34.4 Å². The van der Waals surface area contributed by atoms with E-state index < -0.39 is 0 Å². The van der Waals surface area contributed by atoms with Gasteiger partial charge in [0, 0.05) is 13.2 Å². The van der Waals surface area contributed by atoms with Crippen LogP contribution in [0.15, 0.2) is 22.8 Å². The molecule has 2 heterocycles. The molecule has 0 radical (unpaired) electrons. The van der Waals surface area contributed by atoms with Crippen molar-refractivity contribution in [1.29, 1.82) is 0 Å². The molecule has 15 heavy (non-hydrogen) atoms. The van der Waals surface area contributed by atoms with Crippen molar-refractivity contribution in [1.82, 2.24) is 5.32 Å². The molecule has 0 saturated carbocycles. The first-order valence-electron chi connectivity index (χ1n) is 5.60. The van der Waals surface area contributed by atoms with E-state index in [1.165, 1.54) is 6.42 Å². The fourth-order valence-electron chi connectivity index (χ4n) is 1.98. The molecule has 84 valence electrons. The van der Waals surface area contributed by atoms with Gasteiger partial charge in [0.25, 0.3) is 0 Å². The van der Waals surface area contributed by atoms with Crippen molar-refractivity contribution < 1.29 is 9.15 Å². The van der Waals surface area contributed by atoms with Crippen LogP contribution < -0.4 is 5.32 Å². The van der Waals surface area contributed by atoms with Crippen molar-refractivity contribution in [2.45, 2.75) is 38.3 Å². The van der Waals surface area contributed by atoms with Crippen molar-refractivity contribution in [2.24, 2.45) is 0 Å². The number of nitrogens with one attached hydrogen (secondary N) is 1. The van der Waals surface area contributed by atoms with Crippen LogP contribution in [0.5, 0.6) is 0 Å². The molecule has 3 heteroatoms. The van der Waals surface area contributed by atoms with Gasteiger partial charge in [-0.15, -0.1) is 0 Å². The lowest BCUT2D eigenvalue weighted by Crippen LogP contribution is -2.38. The molecule has 1 aromatic heterocycles. The largest absolute Gasteiger partial charge is 0.468 e. The molecular formula is C12H19NO2. The lowest BCUT2D eigenvalue weighted by atomic mass is 10.0. The van der Waals surface area contributed by atoms with Crippen molar-refractivity contribution in [3.05, 3.63) is 24.2 Å². The zero-order chi connectivity index (χ0) is 10.7. The highest BCUT2D eigenvalue weighted by Gasteiger charge is 2.29. The van der Waals surface area contributed by atoms with Crippen LogP contribution in [-0.4, -0.2) is 18.8 Å². The summed E-state index contributed by atoms with van der Waals surface area (Å²) in [6.07, 6.45) is 4.03.